The largest absolute Gasteiger partial charge is 0.278 e. The molecule has 0 radical (unpaired) electrons. The van der Waals surface area contributed by atoms with E-state index in [0.717, 1.165) is 38.4 Å². The van der Waals surface area contributed by atoms with Crippen molar-refractivity contribution in [2.75, 3.05) is 5.43 Å². The first kappa shape index (κ1) is 18.5. The fraction of sp³-hybridized carbons (Fsp3) is 0. The number of para-hydroxylation sites is 1. The van der Waals surface area contributed by atoms with E-state index in [9.17, 15) is 0 Å². The van der Waals surface area contributed by atoms with E-state index in [1.54, 1.807) is 23.7 Å². The molecule has 1 N–H and O–H groups in total. The third-order valence-corrected chi connectivity index (χ3v) is 5.72. The number of hydrazone groups is 1. The highest BCUT2D eigenvalue weighted by Gasteiger charge is 2.12. The van der Waals surface area contributed by atoms with Crippen LogP contribution in [0.1, 0.15) is 5.56 Å². The fourth-order valence-corrected chi connectivity index (χ4v) is 4.09. The molecule has 0 atom stereocenters. The molecule has 146 valence electrons. The lowest BCUT2D eigenvalue weighted by Crippen LogP contribution is -1.93. The number of hydrogen-bond acceptors (Lipinski definition) is 5. The molecule has 0 aliphatic rings. The van der Waals surface area contributed by atoms with Crippen LogP contribution in [0.5, 0.6) is 0 Å². The van der Waals surface area contributed by atoms with Crippen molar-refractivity contribution < 1.29 is 0 Å². The highest BCUT2D eigenvalue weighted by molar-refractivity contribution is 7.13. The van der Waals surface area contributed by atoms with Crippen molar-refractivity contribution in [1.29, 1.82) is 0 Å². The Bertz CT molecular complexity index is 1330. The molecule has 2 aromatic carbocycles. The molecule has 5 rings (SSSR count). The number of nitrogens with one attached hydrogen (secondary N) is 1. The van der Waals surface area contributed by atoms with Gasteiger partial charge >= 0.3 is 0 Å². The lowest BCUT2D eigenvalue weighted by Gasteiger charge is -2.05. The molecule has 0 amide bonds. The zero-order valence-corrected chi connectivity index (χ0v) is 17.3. The van der Waals surface area contributed by atoms with Crippen molar-refractivity contribution >= 4 is 45.7 Å². The molecule has 0 unspecified atom stereocenters. The van der Waals surface area contributed by atoms with Crippen LogP contribution < -0.4 is 5.43 Å². The van der Waals surface area contributed by atoms with Gasteiger partial charge in [0, 0.05) is 28.4 Å². The molecule has 3 aromatic heterocycles. The number of nitrogens with zero attached hydrogens (tertiary/aromatic N) is 4. The molecule has 7 heteroatoms. The average molecular weight is 430 g/mol. The van der Waals surface area contributed by atoms with E-state index < -0.39 is 0 Å². The van der Waals surface area contributed by atoms with Gasteiger partial charge in [0.2, 0.25) is 0 Å². The minimum atomic E-state index is 0.657. The van der Waals surface area contributed by atoms with Crippen LogP contribution in [0.3, 0.4) is 0 Å². The van der Waals surface area contributed by atoms with E-state index >= 15 is 0 Å². The third kappa shape index (κ3) is 3.70. The maximum atomic E-state index is 6.08. The van der Waals surface area contributed by atoms with Gasteiger partial charge in [0.1, 0.15) is 5.69 Å². The average Bonchev–Trinajstić information content (AvgIpc) is 3.44. The number of fused-ring (bicyclic) bond motifs is 1. The van der Waals surface area contributed by atoms with E-state index in [0.29, 0.717) is 5.02 Å². The standard InChI is InChI=1S/C23H16ClN5S/c24-17-8-9-19-20(10-11-25-21(19)13-17)27-26-14-16-15-29(18-5-2-1-3-6-18)28-23(16)22-7-4-12-30-22/h1-15H,(H,25,27)/b26-14-. The Morgan fingerprint density at radius 1 is 1.03 bits per heavy atom. The summed E-state index contributed by atoms with van der Waals surface area (Å²) in [5, 5.41) is 12.9. The molecular weight excluding hydrogens is 414 g/mol. The monoisotopic (exact) mass is 429 g/mol. The number of halogens is 1. The Hall–Kier alpha value is -3.48. The summed E-state index contributed by atoms with van der Waals surface area (Å²) in [5.74, 6) is 0. The van der Waals surface area contributed by atoms with E-state index in [-0.39, 0.29) is 0 Å². The van der Waals surface area contributed by atoms with Gasteiger partial charge in [-0.2, -0.15) is 10.2 Å². The fourth-order valence-electron chi connectivity index (χ4n) is 3.19. The molecule has 3 heterocycles. The maximum Gasteiger partial charge on any atom is 0.112 e. The van der Waals surface area contributed by atoms with E-state index in [1.165, 1.54) is 0 Å². The Kier molecular flexibility index (Phi) is 5.01. The van der Waals surface area contributed by atoms with Gasteiger partial charge < -0.3 is 0 Å². The third-order valence-electron chi connectivity index (χ3n) is 4.61. The number of pyridine rings is 1. The number of thiophene rings is 1. The van der Waals surface area contributed by atoms with E-state index in [1.807, 2.05) is 76.9 Å². The number of aromatic nitrogens is 3. The molecule has 0 bridgehead atoms. The summed E-state index contributed by atoms with van der Waals surface area (Å²) >= 11 is 7.73. The molecular formula is C23H16ClN5S. The Labute approximate surface area is 182 Å². The Morgan fingerprint density at radius 3 is 2.77 bits per heavy atom. The molecule has 0 aliphatic carbocycles. The van der Waals surface area contributed by atoms with Crippen LogP contribution in [-0.4, -0.2) is 21.0 Å². The second-order valence-corrected chi connectivity index (χ2v) is 7.96. The van der Waals surface area contributed by atoms with Gasteiger partial charge in [0.25, 0.3) is 0 Å². The van der Waals surface area contributed by atoms with Crippen molar-refractivity contribution in [2.45, 2.75) is 0 Å². The summed E-state index contributed by atoms with van der Waals surface area (Å²) in [5.41, 5.74) is 7.63. The van der Waals surface area contributed by atoms with Gasteiger partial charge in [-0.3, -0.25) is 10.4 Å². The summed E-state index contributed by atoms with van der Waals surface area (Å²) < 4.78 is 1.88. The normalized spacial score (nSPS) is 11.4. The Morgan fingerprint density at radius 2 is 1.93 bits per heavy atom. The number of benzene rings is 2. The van der Waals surface area contributed by atoms with Crippen LogP contribution in [0.15, 0.2) is 89.6 Å². The van der Waals surface area contributed by atoms with Crippen LogP contribution in [-0.2, 0) is 0 Å². The zero-order chi connectivity index (χ0) is 20.3. The SMILES string of the molecule is Clc1ccc2c(N/N=C\c3cn(-c4ccccc4)nc3-c3cccs3)ccnc2c1. The van der Waals surface area contributed by atoms with Gasteiger partial charge in [0.15, 0.2) is 0 Å². The molecule has 0 saturated carbocycles. The predicted molar refractivity (Wildman–Crippen MR) is 125 cm³/mol. The number of hydrogen-bond donors (Lipinski definition) is 1. The second kappa shape index (κ2) is 8.10. The van der Waals surface area contributed by atoms with Gasteiger partial charge in [0.05, 0.1) is 28.0 Å². The summed E-state index contributed by atoms with van der Waals surface area (Å²) in [6, 6.07) is 21.6. The zero-order valence-electron chi connectivity index (χ0n) is 15.7. The van der Waals surface area contributed by atoms with Crippen LogP contribution in [0.25, 0.3) is 27.2 Å². The highest BCUT2D eigenvalue weighted by Crippen LogP contribution is 2.27. The van der Waals surface area contributed by atoms with Crippen molar-refractivity contribution in [3.63, 3.8) is 0 Å². The number of anilines is 1. The molecule has 0 saturated heterocycles. The van der Waals surface area contributed by atoms with Crippen LogP contribution in [0.4, 0.5) is 5.69 Å². The molecule has 0 aliphatic heterocycles. The minimum Gasteiger partial charge on any atom is -0.278 e. The molecule has 0 spiro atoms. The van der Waals surface area contributed by atoms with Crippen molar-refractivity contribution in [3.05, 3.63) is 95.1 Å². The first-order chi connectivity index (χ1) is 14.8. The van der Waals surface area contributed by atoms with Gasteiger partial charge in [-0.15, -0.1) is 11.3 Å². The van der Waals surface area contributed by atoms with Crippen molar-refractivity contribution in [2.24, 2.45) is 5.10 Å². The highest BCUT2D eigenvalue weighted by atomic mass is 35.5. The van der Waals surface area contributed by atoms with Crippen molar-refractivity contribution in [3.8, 4) is 16.3 Å². The van der Waals surface area contributed by atoms with Gasteiger partial charge in [-0.1, -0.05) is 35.9 Å². The minimum absolute atomic E-state index is 0.657. The van der Waals surface area contributed by atoms with Crippen LogP contribution in [0.2, 0.25) is 5.02 Å². The summed E-state index contributed by atoms with van der Waals surface area (Å²) in [6.45, 7) is 0. The molecule has 30 heavy (non-hydrogen) atoms. The summed E-state index contributed by atoms with van der Waals surface area (Å²) in [7, 11) is 0. The molecule has 0 fully saturated rings. The maximum absolute atomic E-state index is 6.08. The second-order valence-electron chi connectivity index (χ2n) is 6.58. The first-order valence-electron chi connectivity index (χ1n) is 9.30. The van der Waals surface area contributed by atoms with Gasteiger partial charge in [-0.05, 0) is 47.8 Å². The van der Waals surface area contributed by atoms with Crippen LogP contribution >= 0.6 is 22.9 Å². The van der Waals surface area contributed by atoms with E-state index in [4.69, 9.17) is 16.7 Å². The quantitative estimate of drug-likeness (QED) is 0.265. The Balaban J connectivity index is 1.48. The number of rotatable bonds is 5. The lowest BCUT2D eigenvalue weighted by atomic mass is 10.2. The van der Waals surface area contributed by atoms with Crippen molar-refractivity contribution in [1.82, 2.24) is 14.8 Å². The predicted octanol–water partition coefficient (Wildman–Crippen LogP) is 6.25. The molecule has 5 aromatic rings. The first-order valence-corrected chi connectivity index (χ1v) is 10.6. The van der Waals surface area contributed by atoms with Crippen LogP contribution in [0, 0.1) is 0 Å². The summed E-state index contributed by atoms with van der Waals surface area (Å²) in [4.78, 5) is 5.46. The lowest BCUT2D eigenvalue weighted by molar-refractivity contribution is 0.885. The smallest absolute Gasteiger partial charge is 0.112 e. The van der Waals surface area contributed by atoms with E-state index in [2.05, 4.69) is 21.6 Å². The van der Waals surface area contributed by atoms with Gasteiger partial charge in [-0.25, -0.2) is 4.68 Å². The topological polar surface area (TPSA) is 55.1 Å². The summed E-state index contributed by atoms with van der Waals surface area (Å²) in [6.07, 6.45) is 5.52. The molecule has 5 nitrogen and oxygen atoms in total.